The maximum Gasteiger partial charge on any atom is 0.0793 e. The van der Waals surface area contributed by atoms with Gasteiger partial charge in [-0.3, -0.25) is 14.9 Å². The Balaban J connectivity index is 1.48. The molecule has 1 aromatic rings. The van der Waals surface area contributed by atoms with Crippen LogP contribution in [0.15, 0.2) is 6.07 Å². The van der Waals surface area contributed by atoms with Crippen LogP contribution in [0.4, 0.5) is 0 Å². The van der Waals surface area contributed by atoms with Crippen molar-refractivity contribution in [3.8, 4) is 0 Å². The van der Waals surface area contributed by atoms with E-state index < -0.39 is 0 Å². The molecule has 124 valence electrons. The van der Waals surface area contributed by atoms with Crippen molar-refractivity contribution in [1.29, 1.82) is 0 Å². The Bertz CT molecular complexity index is 461. The van der Waals surface area contributed by atoms with Crippen LogP contribution in [0.3, 0.4) is 0 Å². The summed E-state index contributed by atoms with van der Waals surface area (Å²) < 4.78 is 5.42. The van der Waals surface area contributed by atoms with Gasteiger partial charge in [0, 0.05) is 57.5 Å². The molecular weight excluding hydrogens is 280 g/mol. The van der Waals surface area contributed by atoms with Crippen LogP contribution in [-0.2, 0) is 11.3 Å². The van der Waals surface area contributed by atoms with Crippen LogP contribution < -0.4 is 0 Å². The van der Waals surface area contributed by atoms with E-state index >= 15 is 0 Å². The van der Waals surface area contributed by atoms with Crippen LogP contribution in [0, 0.1) is 0 Å². The number of H-pyrrole nitrogens is 1. The summed E-state index contributed by atoms with van der Waals surface area (Å²) in [5.41, 5.74) is 2.38. The van der Waals surface area contributed by atoms with Crippen LogP contribution in [-0.4, -0.2) is 77.1 Å². The van der Waals surface area contributed by atoms with E-state index in [2.05, 4.69) is 26.1 Å². The summed E-state index contributed by atoms with van der Waals surface area (Å²) in [4.78, 5) is 4.61. The van der Waals surface area contributed by atoms with Gasteiger partial charge in [-0.2, -0.15) is 5.10 Å². The highest BCUT2D eigenvalue weighted by molar-refractivity contribution is 5.17. The van der Waals surface area contributed by atoms with Gasteiger partial charge >= 0.3 is 0 Å². The van der Waals surface area contributed by atoms with E-state index in [4.69, 9.17) is 4.74 Å². The SMILES string of the molecule is CCOCCN1CCN(Cc2cc(C3CC3)n[nH]2)CC(O)C1. The highest BCUT2D eigenvalue weighted by Gasteiger charge is 2.27. The zero-order valence-corrected chi connectivity index (χ0v) is 13.5. The van der Waals surface area contributed by atoms with Crippen molar-refractivity contribution in [2.24, 2.45) is 0 Å². The van der Waals surface area contributed by atoms with E-state index in [1.807, 2.05) is 6.92 Å². The van der Waals surface area contributed by atoms with Gasteiger partial charge in [-0.25, -0.2) is 0 Å². The Morgan fingerprint density at radius 1 is 1.32 bits per heavy atom. The van der Waals surface area contributed by atoms with Crippen LogP contribution >= 0.6 is 0 Å². The third-order valence-corrected chi connectivity index (χ3v) is 4.47. The Kier molecular flexibility index (Phi) is 5.46. The lowest BCUT2D eigenvalue weighted by molar-refractivity contribution is 0.0837. The van der Waals surface area contributed by atoms with Crippen molar-refractivity contribution in [3.63, 3.8) is 0 Å². The second-order valence-corrected chi connectivity index (χ2v) is 6.48. The number of aromatic nitrogens is 2. The maximum atomic E-state index is 10.2. The molecule has 1 unspecified atom stereocenters. The summed E-state index contributed by atoms with van der Waals surface area (Å²) in [6, 6.07) is 2.20. The molecule has 6 nitrogen and oxygen atoms in total. The summed E-state index contributed by atoms with van der Waals surface area (Å²) in [5, 5.41) is 17.8. The molecule has 1 saturated carbocycles. The first-order chi connectivity index (χ1) is 10.7. The van der Waals surface area contributed by atoms with Gasteiger partial charge in [0.15, 0.2) is 0 Å². The first kappa shape index (κ1) is 15.9. The normalized spacial score (nSPS) is 24.5. The minimum Gasteiger partial charge on any atom is -0.390 e. The van der Waals surface area contributed by atoms with E-state index in [9.17, 15) is 5.11 Å². The average Bonchev–Trinajstić information content (AvgIpc) is 3.26. The fraction of sp³-hybridized carbons (Fsp3) is 0.812. The van der Waals surface area contributed by atoms with Gasteiger partial charge < -0.3 is 9.84 Å². The third kappa shape index (κ3) is 4.52. The lowest BCUT2D eigenvalue weighted by atomic mass is 10.2. The van der Waals surface area contributed by atoms with Gasteiger partial charge in [0.05, 0.1) is 18.4 Å². The molecule has 1 saturated heterocycles. The number of ether oxygens (including phenoxy) is 1. The summed E-state index contributed by atoms with van der Waals surface area (Å²) in [6.45, 7) is 8.67. The lowest BCUT2D eigenvalue weighted by Gasteiger charge is -2.20. The molecule has 0 bridgehead atoms. The average molecular weight is 308 g/mol. The molecule has 0 spiro atoms. The molecule has 22 heavy (non-hydrogen) atoms. The highest BCUT2D eigenvalue weighted by atomic mass is 16.5. The van der Waals surface area contributed by atoms with Crippen molar-refractivity contribution < 1.29 is 9.84 Å². The van der Waals surface area contributed by atoms with Crippen molar-refractivity contribution in [3.05, 3.63) is 17.5 Å². The third-order valence-electron chi connectivity index (χ3n) is 4.47. The smallest absolute Gasteiger partial charge is 0.0793 e. The first-order valence-corrected chi connectivity index (χ1v) is 8.49. The number of hydrogen-bond acceptors (Lipinski definition) is 5. The number of aliphatic hydroxyl groups is 1. The molecule has 2 aliphatic rings. The standard InChI is InChI=1S/C16H28N4O2/c1-2-22-8-7-19-5-6-20(12-15(21)11-19)10-14-9-16(18-17-14)13-3-4-13/h9,13,15,21H,2-8,10-12H2,1H3,(H,17,18). The number of aliphatic hydroxyl groups excluding tert-OH is 1. The second-order valence-electron chi connectivity index (χ2n) is 6.48. The number of nitrogens with one attached hydrogen (secondary N) is 1. The summed E-state index contributed by atoms with van der Waals surface area (Å²) >= 11 is 0. The van der Waals surface area contributed by atoms with Gasteiger partial charge in [0.2, 0.25) is 0 Å². The van der Waals surface area contributed by atoms with E-state index in [-0.39, 0.29) is 6.10 Å². The molecule has 1 aliphatic carbocycles. The van der Waals surface area contributed by atoms with Crippen LogP contribution in [0.2, 0.25) is 0 Å². The predicted molar refractivity (Wildman–Crippen MR) is 84.8 cm³/mol. The molecule has 3 rings (SSSR count). The Morgan fingerprint density at radius 3 is 2.86 bits per heavy atom. The second kappa shape index (κ2) is 7.55. The van der Waals surface area contributed by atoms with Gasteiger partial charge in [-0.1, -0.05) is 0 Å². The Morgan fingerprint density at radius 2 is 2.09 bits per heavy atom. The van der Waals surface area contributed by atoms with Crippen molar-refractivity contribution in [2.45, 2.75) is 38.3 Å². The molecule has 0 aromatic carbocycles. The Hall–Kier alpha value is -0.950. The predicted octanol–water partition coefficient (Wildman–Crippen LogP) is 0.802. The largest absolute Gasteiger partial charge is 0.390 e. The Labute approximate surface area is 132 Å². The lowest BCUT2D eigenvalue weighted by Crippen LogP contribution is -2.35. The van der Waals surface area contributed by atoms with Gasteiger partial charge in [0.25, 0.3) is 0 Å². The van der Waals surface area contributed by atoms with Crippen molar-refractivity contribution in [1.82, 2.24) is 20.0 Å². The zero-order valence-electron chi connectivity index (χ0n) is 13.5. The fourth-order valence-corrected chi connectivity index (χ4v) is 3.09. The first-order valence-electron chi connectivity index (χ1n) is 8.49. The molecule has 2 N–H and O–H groups in total. The van der Waals surface area contributed by atoms with Gasteiger partial charge in [-0.05, 0) is 25.8 Å². The van der Waals surface area contributed by atoms with Gasteiger partial charge in [-0.15, -0.1) is 0 Å². The summed E-state index contributed by atoms with van der Waals surface area (Å²) in [6.07, 6.45) is 2.26. The van der Waals surface area contributed by atoms with Crippen LogP contribution in [0.1, 0.15) is 37.1 Å². The maximum absolute atomic E-state index is 10.2. The highest BCUT2D eigenvalue weighted by Crippen LogP contribution is 2.39. The van der Waals surface area contributed by atoms with E-state index in [0.29, 0.717) is 5.92 Å². The number of aromatic amines is 1. The number of nitrogens with zero attached hydrogens (tertiary/aromatic N) is 3. The summed E-state index contributed by atoms with van der Waals surface area (Å²) in [7, 11) is 0. The van der Waals surface area contributed by atoms with E-state index in [1.165, 1.54) is 18.5 Å². The molecule has 2 fully saturated rings. The monoisotopic (exact) mass is 308 g/mol. The van der Waals surface area contributed by atoms with Crippen LogP contribution in [0.25, 0.3) is 0 Å². The molecule has 0 amide bonds. The molecule has 2 heterocycles. The topological polar surface area (TPSA) is 64.6 Å². The van der Waals surface area contributed by atoms with Crippen molar-refractivity contribution >= 4 is 0 Å². The minimum atomic E-state index is -0.296. The molecular formula is C16H28N4O2. The van der Waals surface area contributed by atoms with Gasteiger partial charge in [0.1, 0.15) is 0 Å². The number of β-amino-alcohol motifs (C(OH)–C–C–N with tert-alkyl or cyclic N) is 1. The minimum absolute atomic E-state index is 0.296. The van der Waals surface area contributed by atoms with Crippen molar-refractivity contribution in [2.75, 3.05) is 45.9 Å². The number of rotatable bonds is 7. The fourth-order valence-electron chi connectivity index (χ4n) is 3.09. The van der Waals surface area contributed by atoms with Crippen LogP contribution in [0.5, 0.6) is 0 Å². The summed E-state index contributed by atoms with van der Waals surface area (Å²) in [5.74, 6) is 0.689. The zero-order chi connectivity index (χ0) is 15.4. The molecule has 0 radical (unpaired) electrons. The molecule has 1 aliphatic heterocycles. The van der Waals surface area contributed by atoms with E-state index in [0.717, 1.165) is 58.2 Å². The number of hydrogen-bond donors (Lipinski definition) is 2. The van der Waals surface area contributed by atoms with E-state index in [1.54, 1.807) is 0 Å². The molecule has 6 heteroatoms. The molecule has 1 atom stereocenters. The molecule has 1 aromatic heterocycles. The quantitative estimate of drug-likeness (QED) is 0.730.